The van der Waals surface area contributed by atoms with Crippen LogP contribution >= 0.6 is 0 Å². The fourth-order valence-corrected chi connectivity index (χ4v) is 2.59. The molecule has 1 unspecified atom stereocenters. The SMILES string of the molecule is N#CCN1CCCC1CN1CCNCC1. The number of piperazine rings is 1. The van der Waals surface area contributed by atoms with E-state index in [0.29, 0.717) is 12.6 Å². The molecular formula is C11H20N4. The molecule has 0 aromatic heterocycles. The fraction of sp³-hybridized carbons (Fsp3) is 0.909. The summed E-state index contributed by atoms with van der Waals surface area (Å²) in [4.78, 5) is 4.86. The van der Waals surface area contributed by atoms with Crippen LogP contribution in [0.5, 0.6) is 0 Å². The minimum atomic E-state index is 0.608. The quantitative estimate of drug-likeness (QED) is 0.657. The maximum atomic E-state index is 8.74. The van der Waals surface area contributed by atoms with Gasteiger partial charge in [-0.1, -0.05) is 0 Å². The number of hydrogen-bond acceptors (Lipinski definition) is 4. The van der Waals surface area contributed by atoms with Crippen LogP contribution in [0.15, 0.2) is 0 Å². The highest BCUT2D eigenvalue weighted by atomic mass is 15.2. The first-order valence-corrected chi connectivity index (χ1v) is 5.94. The molecule has 0 spiro atoms. The van der Waals surface area contributed by atoms with Crippen molar-refractivity contribution in [1.82, 2.24) is 15.1 Å². The summed E-state index contributed by atoms with van der Waals surface area (Å²) >= 11 is 0. The molecule has 15 heavy (non-hydrogen) atoms. The Hall–Kier alpha value is -0.630. The monoisotopic (exact) mass is 208 g/mol. The van der Waals surface area contributed by atoms with Crippen molar-refractivity contribution in [2.24, 2.45) is 0 Å². The third-order valence-electron chi connectivity index (χ3n) is 3.45. The van der Waals surface area contributed by atoms with Crippen molar-refractivity contribution in [2.75, 3.05) is 45.8 Å². The molecule has 2 aliphatic heterocycles. The van der Waals surface area contributed by atoms with E-state index >= 15 is 0 Å². The molecule has 2 rings (SSSR count). The summed E-state index contributed by atoms with van der Waals surface area (Å²) in [7, 11) is 0. The second kappa shape index (κ2) is 5.45. The topological polar surface area (TPSA) is 42.3 Å². The highest BCUT2D eigenvalue weighted by Gasteiger charge is 2.26. The zero-order chi connectivity index (χ0) is 10.5. The number of likely N-dealkylation sites (tertiary alicyclic amines) is 1. The van der Waals surface area contributed by atoms with Crippen molar-refractivity contribution in [3.05, 3.63) is 0 Å². The van der Waals surface area contributed by atoms with E-state index in [9.17, 15) is 0 Å². The van der Waals surface area contributed by atoms with Crippen molar-refractivity contribution in [1.29, 1.82) is 5.26 Å². The van der Waals surface area contributed by atoms with Gasteiger partial charge < -0.3 is 5.32 Å². The Kier molecular flexibility index (Phi) is 3.95. The molecule has 0 aromatic rings. The Morgan fingerprint density at radius 1 is 1.27 bits per heavy atom. The molecule has 2 fully saturated rings. The third kappa shape index (κ3) is 2.91. The van der Waals surface area contributed by atoms with E-state index in [-0.39, 0.29) is 0 Å². The average Bonchev–Trinajstić information content (AvgIpc) is 2.68. The fourth-order valence-electron chi connectivity index (χ4n) is 2.59. The van der Waals surface area contributed by atoms with Gasteiger partial charge in [-0.25, -0.2) is 0 Å². The van der Waals surface area contributed by atoms with E-state index in [4.69, 9.17) is 5.26 Å². The molecule has 0 amide bonds. The second-order valence-electron chi connectivity index (χ2n) is 4.48. The molecule has 2 saturated heterocycles. The summed E-state index contributed by atoms with van der Waals surface area (Å²) in [6.45, 7) is 7.44. The molecule has 1 N–H and O–H groups in total. The van der Waals surface area contributed by atoms with E-state index < -0.39 is 0 Å². The van der Waals surface area contributed by atoms with Crippen molar-refractivity contribution in [3.63, 3.8) is 0 Å². The lowest BCUT2D eigenvalue weighted by atomic mass is 10.2. The molecule has 2 heterocycles. The number of nitrogens with zero attached hydrogens (tertiary/aromatic N) is 3. The van der Waals surface area contributed by atoms with Gasteiger partial charge in [0.1, 0.15) is 0 Å². The average molecular weight is 208 g/mol. The van der Waals surface area contributed by atoms with Gasteiger partial charge in [-0.05, 0) is 19.4 Å². The van der Waals surface area contributed by atoms with Crippen LogP contribution in [0, 0.1) is 11.3 Å². The second-order valence-corrected chi connectivity index (χ2v) is 4.48. The summed E-state index contributed by atoms with van der Waals surface area (Å²) in [5, 5.41) is 12.1. The largest absolute Gasteiger partial charge is 0.314 e. The number of rotatable bonds is 3. The van der Waals surface area contributed by atoms with Gasteiger partial charge in [0.2, 0.25) is 0 Å². The first-order chi connectivity index (χ1) is 7.40. The molecule has 0 bridgehead atoms. The Bertz CT molecular complexity index is 229. The molecule has 0 aliphatic carbocycles. The van der Waals surface area contributed by atoms with Gasteiger partial charge in [0.05, 0.1) is 12.6 Å². The Morgan fingerprint density at radius 2 is 2.07 bits per heavy atom. The molecule has 0 saturated carbocycles. The summed E-state index contributed by atoms with van der Waals surface area (Å²) in [5.41, 5.74) is 0. The van der Waals surface area contributed by atoms with Crippen LogP contribution in [0.3, 0.4) is 0 Å². The van der Waals surface area contributed by atoms with Crippen LogP contribution in [0.1, 0.15) is 12.8 Å². The van der Waals surface area contributed by atoms with Crippen LogP contribution in [0.2, 0.25) is 0 Å². The number of nitrogens with one attached hydrogen (secondary N) is 1. The third-order valence-corrected chi connectivity index (χ3v) is 3.45. The molecule has 4 heteroatoms. The highest BCUT2D eigenvalue weighted by Crippen LogP contribution is 2.17. The van der Waals surface area contributed by atoms with Gasteiger partial charge in [-0.15, -0.1) is 0 Å². The standard InChI is InChI=1S/C11H20N4/c12-3-7-15-6-1-2-11(15)10-14-8-4-13-5-9-14/h11,13H,1-2,4-10H2. The predicted molar refractivity (Wildman–Crippen MR) is 59.5 cm³/mol. The molecule has 0 radical (unpaired) electrons. The highest BCUT2D eigenvalue weighted by molar-refractivity contribution is 4.88. The van der Waals surface area contributed by atoms with Crippen molar-refractivity contribution in [3.8, 4) is 6.07 Å². The van der Waals surface area contributed by atoms with Crippen molar-refractivity contribution < 1.29 is 0 Å². The number of hydrogen-bond donors (Lipinski definition) is 1. The zero-order valence-corrected chi connectivity index (χ0v) is 9.28. The Morgan fingerprint density at radius 3 is 2.80 bits per heavy atom. The lowest BCUT2D eigenvalue weighted by molar-refractivity contribution is 0.169. The summed E-state index contributed by atoms with van der Waals surface area (Å²) in [6.07, 6.45) is 2.53. The van der Waals surface area contributed by atoms with E-state index in [1.165, 1.54) is 12.8 Å². The maximum Gasteiger partial charge on any atom is 0.0868 e. The first kappa shape index (κ1) is 10.9. The lowest BCUT2D eigenvalue weighted by Gasteiger charge is -2.32. The maximum absolute atomic E-state index is 8.74. The first-order valence-electron chi connectivity index (χ1n) is 5.94. The van der Waals surface area contributed by atoms with Gasteiger partial charge in [0.15, 0.2) is 0 Å². The minimum absolute atomic E-state index is 0.608. The Balaban J connectivity index is 1.79. The molecule has 4 nitrogen and oxygen atoms in total. The molecule has 0 aromatic carbocycles. The van der Waals surface area contributed by atoms with Gasteiger partial charge in [0.25, 0.3) is 0 Å². The van der Waals surface area contributed by atoms with Crippen LogP contribution in [-0.4, -0.2) is 61.7 Å². The molecular weight excluding hydrogens is 188 g/mol. The predicted octanol–water partition coefficient (Wildman–Crippen LogP) is -0.120. The van der Waals surface area contributed by atoms with E-state index in [1.54, 1.807) is 0 Å². The van der Waals surface area contributed by atoms with Crippen LogP contribution in [0.25, 0.3) is 0 Å². The number of nitriles is 1. The van der Waals surface area contributed by atoms with E-state index in [0.717, 1.165) is 39.3 Å². The summed E-state index contributed by atoms with van der Waals surface area (Å²) < 4.78 is 0. The molecule has 2 aliphatic rings. The van der Waals surface area contributed by atoms with E-state index in [1.807, 2.05) is 0 Å². The van der Waals surface area contributed by atoms with Crippen molar-refractivity contribution in [2.45, 2.75) is 18.9 Å². The lowest BCUT2D eigenvalue weighted by Crippen LogP contribution is -2.48. The molecule has 1 atom stereocenters. The van der Waals surface area contributed by atoms with Gasteiger partial charge in [-0.2, -0.15) is 5.26 Å². The summed E-state index contributed by atoms with van der Waals surface area (Å²) in [6, 6.07) is 2.90. The van der Waals surface area contributed by atoms with Gasteiger partial charge in [-0.3, -0.25) is 9.80 Å². The zero-order valence-electron chi connectivity index (χ0n) is 9.28. The van der Waals surface area contributed by atoms with Crippen LogP contribution < -0.4 is 5.32 Å². The van der Waals surface area contributed by atoms with Gasteiger partial charge >= 0.3 is 0 Å². The van der Waals surface area contributed by atoms with E-state index in [2.05, 4.69) is 21.2 Å². The normalized spacial score (nSPS) is 29.1. The smallest absolute Gasteiger partial charge is 0.0868 e. The molecule has 84 valence electrons. The Labute approximate surface area is 91.8 Å². The van der Waals surface area contributed by atoms with Crippen LogP contribution in [0.4, 0.5) is 0 Å². The minimum Gasteiger partial charge on any atom is -0.314 e. The van der Waals surface area contributed by atoms with Crippen LogP contribution in [-0.2, 0) is 0 Å². The summed E-state index contributed by atoms with van der Waals surface area (Å²) in [5.74, 6) is 0. The van der Waals surface area contributed by atoms with Crippen molar-refractivity contribution >= 4 is 0 Å². The van der Waals surface area contributed by atoms with Gasteiger partial charge in [0, 0.05) is 38.8 Å².